The summed E-state index contributed by atoms with van der Waals surface area (Å²) in [5.41, 5.74) is 7.80. The molecule has 1 saturated carbocycles. The molecule has 0 atom stereocenters. The summed E-state index contributed by atoms with van der Waals surface area (Å²) < 4.78 is 16.2. The molecular formula is C13H13BrFN3. The lowest BCUT2D eigenvalue weighted by molar-refractivity contribution is 0.600. The van der Waals surface area contributed by atoms with Gasteiger partial charge in [-0.05, 0) is 46.5 Å². The quantitative estimate of drug-likeness (QED) is 0.946. The molecule has 0 radical (unpaired) electrons. The van der Waals surface area contributed by atoms with Crippen LogP contribution < -0.4 is 5.73 Å². The molecule has 0 bridgehead atoms. The first kappa shape index (κ1) is 11.9. The van der Waals surface area contributed by atoms with E-state index in [2.05, 4.69) is 21.0 Å². The molecule has 3 nitrogen and oxygen atoms in total. The Hall–Kier alpha value is -1.20. The summed E-state index contributed by atoms with van der Waals surface area (Å²) >= 11 is 3.24. The highest BCUT2D eigenvalue weighted by Gasteiger charge is 2.26. The fraction of sp³-hybridized carbons (Fsp3) is 0.308. The van der Waals surface area contributed by atoms with Crippen LogP contribution in [0.2, 0.25) is 0 Å². The van der Waals surface area contributed by atoms with Crippen LogP contribution >= 0.6 is 15.9 Å². The normalized spacial score (nSPS) is 15.1. The van der Waals surface area contributed by atoms with Crippen molar-refractivity contribution < 1.29 is 4.39 Å². The first-order valence-corrected chi connectivity index (χ1v) is 6.73. The maximum absolute atomic E-state index is 14.2. The lowest BCUT2D eigenvalue weighted by atomic mass is 10.2. The van der Waals surface area contributed by atoms with E-state index in [0.717, 1.165) is 11.3 Å². The SMILES string of the molecule is NCc1ccc(-n2ccc(C3CC3)n2)c(F)c1Br. The number of halogens is 2. The average molecular weight is 310 g/mol. The molecule has 3 rings (SSSR count). The average Bonchev–Trinajstić information content (AvgIpc) is 3.12. The van der Waals surface area contributed by atoms with Crippen molar-refractivity contribution in [2.24, 2.45) is 5.73 Å². The molecule has 1 fully saturated rings. The van der Waals surface area contributed by atoms with E-state index in [0.29, 0.717) is 22.6 Å². The van der Waals surface area contributed by atoms with Gasteiger partial charge in [0.1, 0.15) is 5.69 Å². The van der Waals surface area contributed by atoms with Crippen LogP contribution in [-0.2, 0) is 6.54 Å². The van der Waals surface area contributed by atoms with Crippen molar-refractivity contribution >= 4 is 15.9 Å². The van der Waals surface area contributed by atoms with Gasteiger partial charge in [-0.2, -0.15) is 5.10 Å². The molecule has 94 valence electrons. The van der Waals surface area contributed by atoms with Crippen LogP contribution in [0, 0.1) is 5.82 Å². The van der Waals surface area contributed by atoms with E-state index in [4.69, 9.17) is 5.73 Å². The molecule has 2 aromatic rings. The largest absolute Gasteiger partial charge is 0.326 e. The Morgan fingerprint density at radius 3 is 2.83 bits per heavy atom. The molecule has 0 aliphatic heterocycles. The molecule has 1 aromatic carbocycles. The van der Waals surface area contributed by atoms with Crippen molar-refractivity contribution in [1.82, 2.24) is 9.78 Å². The van der Waals surface area contributed by atoms with Gasteiger partial charge in [0.15, 0.2) is 5.82 Å². The standard InChI is InChI=1S/C13H13BrFN3/c14-12-9(7-16)3-4-11(13(12)15)18-6-5-10(17-18)8-1-2-8/h3-6,8H,1-2,7,16H2. The lowest BCUT2D eigenvalue weighted by Gasteiger charge is -2.08. The Morgan fingerprint density at radius 2 is 2.17 bits per heavy atom. The number of hydrogen-bond donors (Lipinski definition) is 1. The van der Waals surface area contributed by atoms with Gasteiger partial charge in [0.05, 0.1) is 10.2 Å². The molecule has 5 heteroatoms. The van der Waals surface area contributed by atoms with Crippen LogP contribution in [0.15, 0.2) is 28.9 Å². The van der Waals surface area contributed by atoms with Crippen molar-refractivity contribution in [2.75, 3.05) is 0 Å². The van der Waals surface area contributed by atoms with Crippen molar-refractivity contribution in [3.05, 3.63) is 45.9 Å². The van der Waals surface area contributed by atoms with Crippen LogP contribution in [0.1, 0.15) is 30.0 Å². The lowest BCUT2D eigenvalue weighted by Crippen LogP contribution is -2.04. The third-order valence-electron chi connectivity index (χ3n) is 3.21. The molecule has 2 N–H and O–H groups in total. The summed E-state index contributed by atoms with van der Waals surface area (Å²) in [4.78, 5) is 0. The molecule has 0 amide bonds. The van der Waals surface area contributed by atoms with Gasteiger partial charge in [-0.1, -0.05) is 6.07 Å². The fourth-order valence-electron chi connectivity index (χ4n) is 1.98. The van der Waals surface area contributed by atoms with Gasteiger partial charge < -0.3 is 5.73 Å². The van der Waals surface area contributed by atoms with Crippen LogP contribution in [-0.4, -0.2) is 9.78 Å². The zero-order valence-electron chi connectivity index (χ0n) is 9.74. The van der Waals surface area contributed by atoms with E-state index in [9.17, 15) is 4.39 Å². The van der Waals surface area contributed by atoms with Crippen molar-refractivity contribution in [3.8, 4) is 5.69 Å². The van der Waals surface area contributed by atoms with Crippen LogP contribution in [0.3, 0.4) is 0 Å². The molecule has 0 spiro atoms. The Labute approximate surface area is 113 Å². The maximum atomic E-state index is 14.2. The minimum Gasteiger partial charge on any atom is -0.326 e. The predicted octanol–water partition coefficient (Wildman–Crippen LogP) is 3.11. The molecular weight excluding hydrogens is 297 g/mol. The van der Waals surface area contributed by atoms with Crippen LogP contribution in [0.25, 0.3) is 5.69 Å². The fourth-order valence-corrected chi connectivity index (χ4v) is 2.48. The monoisotopic (exact) mass is 309 g/mol. The molecule has 1 aliphatic rings. The maximum Gasteiger partial charge on any atom is 0.163 e. The van der Waals surface area contributed by atoms with Gasteiger partial charge in [-0.15, -0.1) is 0 Å². The van der Waals surface area contributed by atoms with Gasteiger partial charge in [0.2, 0.25) is 0 Å². The van der Waals surface area contributed by atoms with E-state index in [-0.39, 0.29) is 5.82 Å². The zero-order valence-corrected chi connectivity index (χ0v) is 11.3. The highest BCUT2D eigenvalue weighted by molar-refractivity contribution is 9.10. The van der Waals surface area contributed by atoms with Gasteiger partial charge >= 0.3 is 0 Å². The second kappa shape index (κ2) is 4.48. The van der Waals surface area contributed by atoms with E-state index in [1.807, 2.05) is 12.1 Å². The second-order valence-corrected chi connectivity index (χ2v) is 5.33. The van der Waals surface area contributed by atoms with Gasteiger partial charge in [-0.3, -0.25) is 0 Å². The minimum atomic E-state index is -0.316. The molecule has 1 aromatic heterocycles. The van der Waals surface area contributed by atoms with E-state index in [1.54, 1.807) is 16.9 Å². The zero-order chi connectivity index (χ0) is 12.7. The van der Waals surface area contributed by atoms with Gasteiger partial charge in [-0.25, -0.2) is 9.07 Å². The van der Waals surface area contributed by atoms with Crippen LogP contribution in [0.5, 0.6) is 0 Å². The highest BCUT2D eigenvalue weighted by atomic mass is 79.9. The first-order valence-electron chi connectivity index (χ1n) is 5.93. The van der Waals surface area contributed by atoms with E-state index >= 15 is 0 Å². The van der Waals surface area contributed by atoms with E-state index < -0.39 is 0 Å². The Kier molecular flexibility index (Phi) is 2.95. The smallest absolute Gasteiger partial charge is 0.163 e. The topological polar surface area (TPSA) is 43.8 Å². The number of benzene rings is 1. The van der Waals surface area contributed by atoms with Gasteiger partial charge in [0.25, 0.3) is 0 Å². The summed E-state index contributed by atoms with van der Waals surface area (Å²) in [6.45, 7) is 0.310. The second-order valence-electron chi connectivity index (χ2n) is 4.54. The summed E-state index contributed by atoms with van der Waals surface area (Å²) in [5.74, 6) is 0.254. The summed E-state index contributed by atoms with van der Waals surface area (Å²) in [6.07, 6.45) is 4.19. The Balaban J connectivity index is 2.02. The molecule has 0 unspecified atom stereocenters. The Morgan fingerprint density at radius 1 is 1.39 bits per heavy atom. The number of nitrogens with two attached hydrogens (primary N) is 1. The summed E-state index contributed by atoms with van der Waals surface area (Å²) in [7, 11) is 0. The Bertz CT molecular complexity index is 590. The minimum absolute atomic E-state index is 0.310. The predicted molar refractivity (Wildman–Crippen MR) is 71.1 cm³/mol. The number of hydrogen-bond acceptors (Lipinski definition) is 2. The number of aromatic nitrogens is 2. The summed E-state index contributed by atoms with van der Waals surface area (Å²) in [6, 6.07) is 5.49. The molecule has 1 aliphatic carbocycles. The van der Waals surface area contributed by atoms with Crippen molar-refractivity contribution in [2.45, 2.75) is 25.3 Å². The number of nitrogens with zero attached hydrogens (tertiary/aromatic N) is 2. The number of rotatable bonds is 3. The highest BCUT2D eigenvalue weighted by Crippen LogP contribution is 2.39. The third kappa shape index (κ3) is 1.97. The van der Waals surface area contributed by atoms with Gasteiger partial charge in [0, 0.05) is 18.7 Å². The molecule has 0 saturated heterocycles. The third-order valence-corrected chi connectivity index (χ3v) is 4.07. The van der Waals surface area contributed by atoms with Crippen LogP contribution in [0.4, 0.5) is 4.39 Å². The summed E-state index contributed by atoms with van der Waals surface area (Å²) in [5, 5.41) is 4.42. The molecule has 1 heterocycles. The van der Waals surface area contributed by atoms with Crippen molar-refractivity contribution in [1.29, 1.82) is 0 Å². The molecule has 18 heavy (non-hydrogen) atoms. The van der Waals surface area contributed by atoms with E-state index in [1.165, 1.54) is 12.8 Å². The van der Waals surface area contributed by atoms with Crippen molar-refractivity contribution in [3.63, 3.8) is 0 Å². The first-order chi connectivity index (χ1) is 8.70.